The van der Waals surface area contributed by atoms with Gasteiger partial charge in [0.15, 0.2) is 0 Å². The summed E-state index contributed by atoms with van der Waals surface area (Å²) < 4.78 is 30.0. The minimum atomic E-state index is -3.60. The predicted octanol–water partition coefficient (Wildman–Crippen LogP) is 3.21. The number of ether oxygens (including phenoxy) is 1. The number of sulfonamides is 1. The second-order valence-corrected chi connectivity index (χ2v) is 8.49. The summed E-state index contributed by atoms with van der Waals surface area (Å²) in [6.45, 7) is 8.93. The van der Waals surface area contributed by atoms with Crippen molar-refractivity contribution in [2.75, 3.05) is 6.61 Å². The molecule has 23 heavy (non-hydrogen) atoms. The molecule has 6 heteroatoms. The third-order valence-electron chi connectivity index (χ3n) is 3.80. The molecule has 1 atom stereocenters. The molecule has 0 aliphatic heterocycles. The number of hydrazine groups is 1. The SMILES string of the molecule is CCOc1ccc(S(=O)(=O)NNC2=CC(C)(C)C[C@H](C)C2)cc1. The van der Waals surface area contributed by atoms with Crippen LogP contribution in [-0.2, 0) is 10.0 Å². The maximum atomic E-state index is 12.3. The molecule has 1 aromatic carbocycles. The lowest BCUT2D eigenvalue weighted by Gasteiger charge is -2.32. The van der Waals surface area contributed by atoms with Gasteiger partial charge in [-0.1, -0.05) is 26.8 Å². The molecule has 0 fully saturated rings. The van der Waals surface area contributed by atoms with Crippen molar-refractivity contribution in [1.29, 1.82) is 0 Å². The van der Waals surface area contributed by atoms with Crippen LogP contribution in [0.5, 0.6) is 5.75 Å². The van der Waals surface area contributed by atoms with Gasteiger partial charge >= 0.3 is 0 Å². The minimum absolute atomic E-state index is 0.0740. The average molecular weight is 338 g/mol. The van der Waals surface area contributed by atoms with Crippen LogP contribution in [0, 0.1) is 11.3 Å². The van der Waals surface area contributed by atoms with Gasteiger partial charge in [0, 0.05) is 5.70 Å². The molecule has 1 aromatic rings. The zero-order valence-electron chi connectivity index (χ0n) is 14.2. The summed E-state index contributed by atoms with van der Waals surface area (Å²) in [5.41, 5.74) is 3.87. The van der Waals surface area contributed by atoms with Crippen molar-refractivity contribution in [2.45, 2.75) is 45.4 Å². The lowest BCUT2D eigenvalue weighted by Crippen LogP contribution is -2.39. The standard InChI is InChI=1S/C17H26N2O3S/c1-5-22-15-6-8-16(9-7-15)23(20,21)19-18-14-10-13(2)11-17(3,4)12-14/h6-9,12-13,18-19H,5,10-11H2,1-4H3/t13-/m1/s1. The van der Waals surface area contributed by atoms with Crippen molar-refractivity contribution in [2.24, 2.45) is 11.3 Å². The van der Waals surface area contributed by atoms with Crippen LogP contribution in [0.3, 0.4) is 0 Å². The lowest BCUT2D eigenvalue weighted by molar-refractivity contribution is 0.313. The lowest BCUT2D eigenvalue weighted by atomic mass is 9.76. The second kappa shape index (κ2) is 6.93. The third kappa shape index (κ3) is 4.97. The fourth-order valence-electron chi connectivity index (χ4n) is 3.10. The fourth-order valence-corrected chi connectivity index (χ4v) is 3.97. The Morgan fingerprint density at radius 3 is 2.48 bits per heavy atom. The van der Waals surface area contributed by atoms with E-state index in [0.717, 1.165) is 18.5 Å². The van der Waals surface area contributed by atoms with E-state index in [-0.39, 0.29) is 10.3 Å². The smallest absolute Gasteiger partial charge is 0.257 e. The summed E-state index contributed by atoms with van der Waals surface area (Å²) in [7, 11) is -3.60. The van der Waals surface area contributed by atoms with Crippen LogP contribution in [0.4, 0.5) is 0 Å². The molecule has 2 N–H and O–H groups in total. The molecule has 0 amide bonds. The van der Waals surface area contributed by atoms with E-state index in [1.54, 1.807) is 12.1 Å². The minimum Gasteiger partial charge on any atom is -0.494 e. The Kier molecular flexibility index (Phi) is 5.37. The Morgan fingerprint density at radius 2 is 1.91 bits per heavy atom. The molecule has 0 bridgehead atoms. The molecule has 5 nitrogen and oxygen atoms in total. The quantitative estimate of drug-likeness (QED) is 0.782. The number of hydrogen-bond acceptors (Lipinski definition) is 4. The maximum absolute atomic E-state index is 12.3. The largest absolute Gasteiger partial charge is 0.494 e. The van der Waals surface area contributed by atoms with Crippen LogP contribution < -0.4 is 15.0 Å². The van der Waals surface area contributed by atoms with E-state index >= 15 is 0 Å². The van der Waals surface area contributed by atoms with E-state index in [0.29, 0.717) is 18.3 Å². The van der Waals surface area contributed by atoms with E-state index in [4.69, 9.17) is 4.74 Å². The maximum Gasteiger partial charge on any atom is 0.257 e. The highest BCUT2D eigenvalue weighted by Crippen LogP contribution is 2.35. The van der Waals surface area contributed by atoms with E-state index < -0.39 is 10.0 Å². The summed E-state index contributed by atoms with van der Waals surface area (Å²) in [6, 6.07) is 6.39. The Labute approximate surface area is 139 Å². The Hall–Kier alpha value is -1.53. The summed E-state index contributed by atoms with van der Waals surface area (Å²) in [5, 5.41) is 0. The van der Waals surface area contributed by atoms with Crippen LogP contribution >= 0.6 is 0 Å². The molecule has 0 saturated carbocycles. The van der Waals surface area contributed by atoms with Gasteiger partial charge in [0.1, 0.15) is 5.75 Å². The highest BCUT2D eigenvalue weighted by molar-refractivity contribution is 7.89. The molecular weight excluding hydrogens is 312 g/mol. The topological polar surface area (TPSA) is 67.4 Å². The van der Waals surface area contributed by atoms with Gasteiger partial charge in [-0.3, -0.25) is 0 Å². The van der Waals surface area contributed by atoms with Crippen LogP contribution in [-0.4, -0.2) is 15.0 Å². The number of benzene rings is 1. The molecule has 0 saturated heterocycles. The molecule has 1 aliphatic rings. The van der Waals surface area contributed by atoms with Gasteiger partial charge in [0.05, 0.1) is 11.5 Å². The van der Waals surface area contributed by atoms with E-state index in [9.17, 15) is 8.42 Å². The van der Waals surface area contributed by atoms with Crippen molar-refractivity contribution in [1.82, 2.24) is 10.3 Å². The van der Waals surface area contributed by atoms with Crippen molar-refractivity contribution in [3.8, 4) is 5.75 Å². The molecule has 2 rings (SSSR count). The molecule has 128 valence electrons. The number of rotatable bonds is 6. The first-order valence-electron chi connectivity index (χ1n) is 7.94. The van der Waals surface area contributed by atoms with Crippen LogP contribution in [0.1, 0.15) is 40.5 Å². The molecular formula is C17H26N2O3S. The van der Waals surface area contributed by atoms with Crippen molar-refractivity contribution < 1.29 is 13.2 Å². The van der Waals surface area contributed by atoms with E-state index in [1.165, 1.54) is 12.1 Å². The molecule has 1 aliphatic carbocycles. The van der Waals surface area contributed by atoms with Crippen molar-refractivity contribution in [3.05, 3.63) is 36.0 Å². The monoisotopic (exact) mass is 338 g/mol. The highest BCUT2D eigenvalue weighted by Gasteiger charge is 2.26. The van der Waals surface area contributed by atoms with Gasteiger partial charge in [-0.25, -0.2) is 8.42 Å². The summed E-state index contributed by atoms with van der Waals surface area (Å²) in [6.07, 6.45) is 4.05. The highest BCUT2D eigenvalue weighted by atomic mass is 32.2. The van der Waals surface area contributed by atoms with Gasteiger partial charge in [-0.05, 0) is 55.4 Å². The first-order chi connectivity index (χ1) is 10.7. The normalized spacial score (nSPS) is 20.7. The number of allylic oxidation sites excluding steroid dienone is 2. The number of nitrogens with one attached hydrogen (secondary N) is 2. The van der Waals surface area contributed by atoms with Gasteiger partial charge in [0.2, 0.25) is 0 Å². The van der Waals surface area contributed by atoms with Gasteiger partial charge in [-0.2, -0.15) is 0 Å². The van der Waals surface area contributed by atoms with Gasteiger partial charge < -0.3 is 10.2 Å². The first-order valence-corrected chi connectivity index (χ1v) is 9.42. The van der Waals surface area contributed by atoms with E-state index in [2.05, 4.69) is 37.1 Å². The molecule has 0 radical (unpaired) electrons. The summed E-state index contributed by atoms with van der Waals surface area (Å²) in [5.74, 6) is 1.18. The van der Waals surface area contributed by atoms with Crippen molar-refractivity contribution >= 4 is 10.0 Å². The first kappa shape index (κ1) is 17.8. The molecule has 0 unspecified atom stereocenters. The summed E-state index contributed by atoms with van der Waals surface area (Å²) in [4.78, 5) is 2.67. The third-order valence-corrected chi connectivity index (χ3v) is 5.06. The van der Waals surface area contributed by atoms with Crippen molar-refractivity contribution in [3.63, 3.8) is 0 Å². The molecule has 0 spiro atoms. The Balaban J connectivity index is 2.05. The predicted molar refractivity (Wildman–Crippen MR) is 91.3 cm³/mol. The second-order valence-electron chi connectivity index (χ2n) is 6.81. The van der Waals surface area contributed by atoms with Gasteiger partial charge in [-0.15, -0.1) is 4.83 Å². The molecule has 0 heterocycles. The van der Waals surface area contributed by atoms with Crippen LogP contribution in [0.25, 0.3) is 0 Å². The number of hydrogen-bond donors (Lipinski definition) is 2. The van der Waals surface area contributed by atoms with Gasteiger partial charge in [0.25, 0.3) is 10.0 Å². The van der Waals surface area contributed by atoms with Crippen LogP contribution in [0.15, 0.2) is 40.9 Å². The summed E-state index contributed by atoms with van der Waals surface area (Å²) >= 11 is 0. The Bertz CT molecular complexity index is 664. The zero-order chi connectivity index (χ0) is 17.1. The molecule has 0 aromatic heterocycles. The Morgan fingerprint density at radius 1 is 1.26 bits per heavy atom. The van der Waals surface area contributed by atoms with Crippen LogP contribution in [0.2, 0.25) is 0 Å². The average Bonchev–Trinajstić information content (AvgIpc) is 2.44. The fraction of sp³-hybridized carbons (Fsp3) is 0.529. The zero-order valence-corrected chi connectivity index (χ0v) is 15.0. The van der Waals surface area contributed by atoms with E-state index in [1.807, 2.05) is 6.92 Å².